The molecule has 0 spiro atoms. The predicted molar refractivity (Wildman–Crippen MR) is 123 cm³/mol. The van der Waals surface area contributed by atoms with Gasteiger partial charge in [0, 0.05) is 44.0 Å². The van der Waals surface area contributed by atoms with Gasteiger partial charge in [0.25, 0.3) is 0 Å². The molecule has 0 unspecified atom stereocenters. The highest BCUT2D eigenvalue weighted by Gasteiger charge is 2.19. The second kappa shape index (κ2) is 8.74. The van der Waals surface area contributed by atoms with E-state index in [4.69, 9.17) is 12.2 Å². The average Bonchev–Trinajstić information content (AvgIpc) is 3.11. The fourth-order valence-corrected chi connectivity index (χ4v) is 6.82. The molecule has 28 heavy (non-hydrogen) atoms. The van der Waals surface area contributed by atoms with E-state index in [-0.39, 0.29) is 0 Å². The van der Waals surface area contributed by atoms with Crippen LogP contribution < -0.4 is 4.90 Å². The maximum Gasteiger partial charge on any atom is 0.120 e. The molecule has 1 aliphatic heterocycles. The van der Waals surface area contributed by atoms with Gasteiger partial charge in [-0.15, -0.1) is 0 Å². The van der Waals surface area contributed by atoms with Crippen LogP contribution in [0, 0.1) is 3.82 Å². The largest absolute Gasteiger partial charge is 0.508 e. The lowest BCUT2D eigenvalue weighted by atomic mass is 10.0. The number of benzene rings is 2. The minimum absolute atomic E-state index is 0.381. The van der Waals surface area contributed by atoms with Gasteiger partial charge in [0.1, 0.15) is 9.57 Å². The van der Waals surface area contributed by atoms with Crippen LogP contribution in [0.5, 0.6) is 5.75 Å². The highest BCUT2D eigenvalue weighted by Crippen LogP contribution is 2.37. The van der Waals surface area contributed by atoms with Gasteiger partial charge in [-0.25, -0.2) is 0 Å². The van der Waals surface area contributed by atoms with E-state index in [0.717, 1.165) is 48.5 Å². The Bertz CT molecular complexity index is 989. The van der Waals surface area contributed by atoms with Gasteiger partial charge >= 0.3 is 0 Å². The van der Waals surface area contributed by atoms with E-state index in [2.05, 4.69) is 53.1 Å². The third kappa shape index (κ3) is 4.15. The van der Waals surface area contributed by atoms with Crippen molar-refractivity contribution in [1.82, 2.24) is 4.90 Å². The Labute approximate surface area is 178 Å². The number of piperazine rings is 1. The monoisotopic (exact) mass is 428 g/mol. The summed E-state index contributed by atoms with van der Waals surface area (Å²) in [7, 11) is 3.42. The zero-order valence-corrected chi connectivity index (χ0v) is 18.4. The van der Waals surface area contributed by atoms with Gasteiger partial charge in [-0.05, 0) is 47.9 Å². The molecule has 0 saturated carbocycles. The third-order valence-corrected chi connectivity index (χ3v) is 8.50. The highest BCUT2D eigenvalue weighted by atomic mass is 32.9. The second-order valence-corrected chi connectivity index (χ2v) is 9.87. The average molecular weight is 429 g/mol. The molecule has 146 valence electrons. The first-order valence-electron chi connectivity index (χ1n) is 9.62. The summed E-state index contributed by atoms with van der Waals surface area (Å²) in [6, 6.07) is 16.6. The number of hydrogen-bond donors (Lipinski definition) is 1. The number of phenols is 1. The van der Waals surface area contributed by atoms with Crippen molar-refractivity contribution in [2.24, 2.45) is 0 Å². The molecule has 1 saturated heterocycles. The summed E-state index contributed by atoms with van der Waals surface area (Å²) < 4.78 is 0.995. The van der Waals surface area contributed by atoms with Gasteiger partial charge in [0.05, 0.1) is 4.88 Å². The molecule has 1 aliphatic rings. The Morgan fingerprint density at radius 3 is 2.46 bits per heavy atom. The Morgan fingerprint density at radius 1 is 1.00 bits per heavy atom. The Hall–Kier alpha value is -1.73. The van der Waals surface area contributed by atoms with Crippen LogP contribution in [0.25, 0.3) is 10.4 Å². The van der Waals surface area contributed by atoms with Gasteiger partial charge in [-0.2, -0.15) is 0 Å². The van der Waals surface area contributed by atoms with Crippen LogP contribution >= 0.6 is 32.9 Å². The Morgan fingerprint density at radius 2 is 1.75 bits per heavy atom. The molecular formula is C22H24N2OS3. The topological polar surface area (TPSA) is 26.7 Å². The van der Waals surface area contributed by atoms with Gasteiger partial charge in [0.2, 0.25) is 0 Å². The van der Waals surface area contributed by atoms with E-state index >= 15 is 0 Å². The van der Waals surface area contributed by atoms with Gasteiger partial charge in [0.15, 0.2) is 0 Å². The quantitative estimate of drug-likeness (QED) is 0.411. The fourth-order valence-electron chi connectivity index (χ4n) is 3.70. The summed E-state index contributed by atoms with van der Waals surface area (Å²) >= 11 is 5.48. The van der Waals surface area contributed by atoms with Crippen LogP contribution in [0.3, 0.4) is 0 Å². The van der Waals surface area contributed by atoms with E-state index in [0.29, 0.717) is 5.75 Å². The summed E-state index contributed by atoms with van der Waals surface area (Å²) in [5.74, 6) is 0.381. The molecule has 0 bridgehead atoms. The summed E-state index contributed by atoms with van der Waals surface area (Å²) in [6.45, 7) is 6.94. The van der Waals surface area contributed by atoms with Crippen molar-refractivity contribution in [1.29, 1.82) is 0 Å². The van der Waals surface area contributed by atoms with E-state index in [1.54, 1.807) is 20.7 Å². The van der Waals surface area contributed by atoms with Crippen LogP contribution in [0.15, 0.2) is 48.5 Å². The number of para-hydroxylation sites is 1. The van der Waals surface area contributed by atoms with Crippen molar-refractivity contribution in [3.05, 3.63) is 63.5 Å². The SMILES string of the molecule is CCc1c(-c2ccc(O)c(CN3CCN(c4ccccc4)CC3)c2)ssc1=S. The molecule has 2 aromatic carbocycles. The molecule has 4 rings (SSSR count). The predicted octanol–water partition coefficient (Wildman–Crippen LogP) is 5.80. The maximum atomic E-state index is 10.4. The van der Waals surface area contributed by atoms with Crippen molar-refractivity contribution < 1.29 is 5.11 Å². The molecule has 1 aromatic heterocycles. The summed E-state index contributed by atoms with van der Waals surface area (Å²) in [6.07, 6.45) is 0.950. The lowest BCUT2D eigenvalue weighted by molar-refractivity contribution is 0.247. The zero-order valence-electron chi connectivity index (χ0n) is 15.9. The summed E-state index contributed by atoms with van der Waals surface area (Å²) in [5.41, 5.74) is 4.72. The van der Waals surface area contributed by atoms with Crippen molar-refractivity contribution in [3.8, 4) is 16.2 Å². The van der Waals surface area contributed by atoms with Crippen LogP contribution in [0.1, 0.15) is 18.1 Å². The second-order valence-electron chi connectivity index (χ2n) is 7.06. The molecule has 1 N–H and O–H groups in total. The first-order valence-corrected chi connectivity index (χ1v) is 12.2. The fraction of sp³-hybridized carbons (Fsp3) is 0.318. The van der Waals surface area contributed by atoms with Gasteiger partial charge < -0.3 is 10.0 Å². The van der Waals surface area contributed by atoms with Gasteiger partial charge in [-0.1, -0.05) is 58.0 Å². The Balaban J connectivity index is 1.47. The third-order valence-electron chi connectivity index (χ3n) is 5.30. The number of hydrogen-bond acceptors (Lipinski definition) is 6. The molecule has 1 fully saturated rings. The first kappa shape index (κ1) is 19.6. The minimum Gasteiger partial charge on any atom is -0.508 e. The maximum absolute atomic E-state index is 10.4. The minimum atomic E-state index is 0.381. The molecule has 0 radical (unpaired) electrons. The molecule has 6 heteroatoms. The Kier molecular flexibility index (Phi) is 6.11. The molecule has 0 amide bonds. The van der Waals surface area contributed by atoms with E-state index in [1.807, 2.05) is 12.1 Å². The normalized spacial score (nSPS) is 15.1. The van der Waals surface area contributed by atoms with Crippen LogP contribution in [-0.2, 0) is 13.0 Å². The zero-order chi connectivity index (χ0) is 19.5. The summed E-state index contributed by atoms with van der Waals surface area (Å²) in [5, 5.41) is 10.4. The molecule has 3 aromatic rings. The van der Waals surface area contributed by atoms with Crippen LogP contribution in [0.4, 0.5) is 5.69 Å². The molecule has 0 atom stereocenters. The smallest absolute Gasteiger partial charge is 0.120 e. The lowest BCUT2D eigenvalue weighted by Crippen LogP contribution is -2.45. The van der Waals surface area contributed by atoms with E-state index in [1.165, 1.54) is 21.7 Å². The van der Waals surface area contributed by atoms with Crippen LogP contribution in [0.2, 0.25) is 0 Å². The molecule has 3 nitrogen and oxygen atoms in total. The van der Waals surface area contributed by atoms with Gasteiger partial charge in [-0.3, -0.25) is 4.90 Å². The number of nitrogens with zero attached hydrogens (tertiary/aromatic N) is 2. The summed E-state index contributed by atoms with van der Waals surface area (Å²) in [4.78, 5) is 6.11. The molecular weight excluding hydrogens is 404 g/mol. The number of rotatable bonds is 5. The number of aromatic hydroxyl groups is 1. The standard InChI is InChI=1S/C22H24N2OS3/c1-2-19-21(27-28-22(19)26)16-8-9-20(25)17(14-16)15-23-10-12-24(13-11-23)18-6-4-3-5-7-18/h3-9,14,25H,2,10-13,15H2,1H3. The first-order chi connectivity index (χ1) is 13.7. The van der Waals surface area contributed by atoms with Crippen molar-refractivity contribution in [3.63, 3.8) is 0 Å². The van der Waals surface area contributed by atoms with Crippen LogP contribution in [-0.4, -0.2) is 36.2 Å². The van der Waals surface area contributed by atoms with Crippen molar-refractivity contribution >= 4 is 38.6 Å². The van der Waals surface area contributed by atoms with Crippen molar-refractivity contribution in [2.75, 3.05) is 31.1 Å². The highest BCUT2D eigenvalue weighted by molar-refractivity contribution is 7.80. The molecule has 0 aliphatic carbocycles. The number of anilines is 1. The lowest BCUT2D eigenvalue weighted by Gasteiger charge is -2.36. The number of phenolic OH excluding ortho intramolecular Hbond substituents is 1. The van der Waals surface area contributed by atoms with Crippen molar-refractivity contribution in [2.45, 2.75) is 19.9 Å². The molecule has 2 heterocycles. The van der Waals surface area contributed by atoms with E-state index < -0.39 is 0 Å². The van der Waals surface area contributed by atoms with E-state index in [9.17, 15) is 5.11 Å².